The zero-order valence-corrected chi connectivity index (χ0v) is 15.2. The summed E-state index contributed by atoms with van der Waals surface area (Å²) in [6, 6.07) is 12.9. The van der Waals surface area contributed by atoms with Crippen molar-refractivity contribution in [1.29, 1.82) is 5.26 Å². The largest absolute Gasteiger partial charge is 0.481 e. The smallest absolute Gasteiger partial charge is 0.343 e. The van der Waals surface area contributed by atoms with E-state index in [2.05, 4.69) is 26.7 Å². The summed E-state index contributed by atoms with van der Waals surface area (Å²) in [6.07, 6.45) is 1.65. The molecule has 0 atom stereocenters. The Balaban J connectivity index is 2.23. The van der Waals surface area contributed by atoms with Gasteiger partial charge in [0.2, 0.25) is 0 Å². The number of nitro groups is 1. The summed E-state index contributed by atoms with van der Waals surface area (Å²) in [5.74, 6) is -0.0350. The minimum atomic E-state index is -0.496. The lowest BCUT2D eigenvalue weighted by Crippen LogP contribution is -2.12. The minimum Gasteiger partial charge on any atom is -0.481 e. The molecule has 8 heteroatoms. The van der Waals surface area contributed by atoms with Crippen LogP contribution in [0.25, 0.3) is 11.6 Å². The summed E-state index contributed by atoms with van der Waals surface area (Å²) in [6.45, 7) is -0.212. The molecule has 2 aromatic rings. The monoisotopic (exact) mass is 416 g/mol. The van der Waals surface area contributed by atoms with E-state index in [0.29, 0.717) is 21.4 Å². The average Bonchev–Trinajstić information content (AvgIpc) is 2.65. The number of benzene rings is 2. The molecule has 0 aliphatic heterocycles. The number of carbonyl (C=O) groups is 1. The van der Waals surface area contributed by atoms with Gasteiger partial charge in [0.05, 0.1) is 28.1 Å². The van der Waals surface area contributed by atoms with Gasteiger partial charge in [-0.15, -0.1) is 0 Å². The quantitative estimate of drug-likeness (QED) is 0.232. The van der Waals surface area contributed by atoms with E-state index in [1.54, 1.807) is 24.3 Å². The number of rotatable bonds is 6. The van der Waals surface area contributed by atoms with Crippen LogP contribution in [-0.2, 0) is 9.53 Å². The molecule has 0 bridgehead atoms. The third-order valence-electron chi connectivity index (χ3n) is 3.35. The molecule has 0 spiro atoms. The van der Waals surface area contributed by atoms with Crippen molar-refractivity contribution in [3.8, 4) is 11.8 Å². The lowest BCUT2D eigenvalue weighted by Gasteiger charge is -2.08. The van der Waals surface area contributed by atoms with Crippen molar-refractivity contribution in [3.05, 3.63) is 68.2 Å². The summed E-state index contributed by atoms with van der Waals surface area (Å²) in [5.41, 5.74) is 1.60. The van der Waals surface area contributed by atoms with Crippen LogP contribution in [-0.4, -0.2) is 24.6 Å². The molecule has 0 heterocycles. The van der Waals surface area contributed by atoms with E-state index >= 15 is 0 Å². The lowest BCUT2D eigenvalue weighted by atomic mass is 10.0. The highest BCUT2D eigenvalue weighted by molar-refractivity contribution is 9.10. The Morgan fingerprint density at radius 1 is 1.31 bits per heavy atom. The molecule has 0 unspecified atom stereocenters. The first-order chi connectivity index (χ1) is 12.4. The third kappa shape index (κ3) is 4.91. The number of methoxy groups -OCH3 is 1. The van der Waals surface area contributed by atoms with Gasteiger partial charge in [-0.1, -0.05) is 6.07 Å². The first-order valence-corrected chi connectivity index (χ1v) is 8.09. The molecule has 0 N–H and O–H groups in total. The van der Waals surface area contributed by atoms with Crippen molar-refractivity contribution in [2.75, 3.05) is 13.7 Å². The Kier molecular flexibility index (Phi) is 6.47. The van der Waals surface area contributed by atoms with Gasteiger partial charge in [-0.3, -0.25) is 10.1 Å². The predicted molar refractivity (Wildman–Crippen MR) is 98.2 cm³/mol. The standard InChI is InChI=1S/C18H13BrN2O5/c1-25-18(22)11-26-17-7-2-12(9-16(17)19)8-14(10-20)13-3-5-15(6-4-13)21(23)24/h2-9H,11H2,1H3/b14-8-. The average molecular weight is 417 g/mol. The van der Waals surface area contributed by atoms with Crippen LogP contribution in [0.2, 0.25) is 0 Å². The highest BCUT2D eigenvalue weighted by Gasteiger charge is 2.09. The second kappa shape index (κ2) is 8.78. The Morgan fingerprint density at radius 3 is 2.54 bits per heavy atom. The normalized spacial score (nSPS) is 10.7. The van der Waals surface area contributed by atoms with Crippen LogP contribution in [0.4, 0.5) is 5.69 Å². The highest BCUT2D eigenvalue weighted by atomic mass is 79.9. The number of ether oxygens (including phenoxy) is 2. The first-order valence-electron chi connectivity index (χ1n) is 7.30. The molecule has 132 valence electrons. The number of nitrogens with zero attached hydrogens (tertiary/aromatic N) is 2. The van der Waals surface area contributed by atoms with Crippen LogP contribution < -0.4 is 4.74 Å². The lowest BCUT2D eigenvalue weighted by molar-refractivity contribution is -0.384. The number of nitro benzene ring substituents is 1. The van der Waals surface area contributed by atoms with Crippen LogP contribution in [0, 0.1) is 21.4 Å². The van der Waals surface area contributed by atoms with Gasteiger partial charge in [0, 0.05) is 12.1 Å². The second-order valence-corrected chi connectivity index (χ2v) is 5.88. The van der Waals surface area contributed by atoms with Gasteiger partial charge in [0.1, 0.15) is 5.75 Å². The summed E-state index contributed by atoms with van der Waals surface area (Å²) < 4.78 is 10.4. The molecule has 0 aromatic heterocycles. The summed E-state index contributed by atoms with van der Waals surface area (Å²) >= 11 is 3.35. The van der Waals surface area contributed by atoms with E-state index in [1.165, 1.54) is 31.4 Å². The zero-order valence-electron chi connectivity index (χ0n) is 13.6. The number of carbonyl (C=O) groups excluding carboxylic acids is 1. The molecule has 0 saturated heterocycles. The van der Waals surface area contributed by atoms with E-state index in [-0.39, 0.29) is 12.3 Å². The van der Waals surface area contributed by atoms with Crippen LogP contribution in [0.15, 0.2) is 46.9 Å². The van der Waals surface area contributed by atoms with Gasteiger partial charge in [-0.25, -0.2) is 4.79 Å². The number of halogens is 1. The van der Waals surface area contributed by atoms with Crippen molar-refractivity contribution in [3.63, 3.8) is 0 Å². The maximum absolute atomic E-state index is 11.1. The molecule has 0 radical (unpaired) electrons. The van der Waals surface area contributed by atoms with Gasteiger partial charge in [0.25, 0.3) is 5.69 Å². The predicted octanol–water partition coefficient (Wildman–Crippen LogP) is 3.97. The van der Waals surface area contributed by atoms with E-state index < -0.39 is 10.9 Å². The van der Waals surface area contributed by atoms with Crippen LogP contribution in [0.5, 0.6) is 5.75 Å². The number of nitriles is 1. The van der Waals surface area contributed by atoms with Crippen molar-refractivity contribution >= 4 is 39.2 Å². The molecule has 0 aliphatic carbocycles. The van der Waals surface area contributed by atoms with Gasteiger partial charge in [-0.05, 0) is 57.4 Å². The number of allylic oxidation sites excluding steroid dienone is 1. The Bertz CT molecular complexity index is 901. The second-order valence-electron chi connectivity index (χ2n) is 5.03. The molecule has 0 aliphatic rings. The first kappa shape index (κ1) is 19.1. The van der Waals surface area contributed by atoms with Crippen LogP contribution in [0.3, 0.4) is 0 Å². The Labute approximate surface area is 157 Å². The van der Waals surface area contributed by atoms with Crippen molar-refractivity contribution in [2.24, 2.45) is 0 Å². The topological polar surface area (TPSA) is 102 Å². The maximum atomic E-state index is 11.1. The number of hydrogen-bond acceptors (Lipinski definition) is 6. The molecule has 0 fully saturated rings. The Hall–Kier alpha value is -3.18. The number of hydrogen-bond donors (Lipinski definition) is 0. The fourth-order valence-electron chi connectivity index (χ4n) is 2.03. The van der Waals surface area contributed by atoms with Crippen molar-refractivity contribution in [2.45, 2.75) is 0 Å². The zero-order chi connectivity index (χ0) is 19.1. The molecule has 7 nitrogen and oxygen atoms in total. The molecule has 0 amide bonds. The third-order valence-corrected chi connectivity index (χ3v) is 3.97. The summed E-state index contributed by atoms with van der Waals surface area (Å²) in [7, 11) is 1.27. The summed E-state index contributed by atoms with van der Waals surface area (Å²) in [4.78, 5) is 21.3. The van der Waals surface area contributed by atoms with Gasteiger partial charge in [-0.2, -0.15) is 5.26 Å². The van der Waals surface area contributed by atoms with E-state index in [4.69, 9.17) is 4.74 Å². The van der Waals surface area contributed by atoms with Gasteiger partial charge >= 0.3 is 5.97 Å². The molecule has 2 rings (SSSR count). The molecular weight excluding hydrogens is 404 g/mol. The van der Waals surface area contributed by atoms with E-state index in [9.17, 15) is 20.2 Å². The fourth-order valence-corrected chi connectivity index (χ4v) is 2.54. The van der Waals surface area contributed by atoms with E-state index in [0.717, 1.165) is 5.56 Å². The number of esters is 1. The van der Waals surface area contributed by atoms with Gasteiger partial charge < -0.3 is 9.47 Å². The van der Waals surface area contributed by atoms with Crippen LogP contribution in [0.1, 0.15) is 11.1 Å². The molecule has 2 aromatic carbocycles. The van der Waals surface area contributed by atoms with Crippen molar-refractivity contribution < 1.29 is 19.2 Å². The van der Waals surface area contributed by atoms with Gasteiger partial charge in [0.15, 0.2) is 6.61 Å². The molecule has 26 heavy (non-hydrogen) atoms. The van der Waals surface area contributed by atoms with Crippen molar-refractivity contribution in [1.82, 2.24) is 0 Å². The molecular formula is C18H13BrN2O5. The SMILES string of the molecule is COC(=O)COc1ccc(/C=C(/C#N)c2ccc([N+](=O)[O-])cc2)cc1Br. The minimum absolute atomic E-state index is 0.0408. The maximum Gasteiger partial charge on any atom is 0.343 e. The fraction of sp³-hybridized carbons (Fsp3) is 0.111. The van der Waals surface area contributed by atoms with E-state index in [1.807, 2.05) is 0 Å². The van der Waals surface area contributed by atoms with Crippen LogP contribution >= 0.6 is 15.9 Å². The molecule has 0 saturated carbocycles. The summed E-state index contributed by atoms with van der Waals surface area (Å²) in [5, 5.41) is 20.1. The Morgan fingerprint density at radius 2 is 2.00 bits per heavy atom. The highest BCUT2D eigenvalue weighted by Crippen LogP contribution is 2.28. The number of non-ortho nitro benzene ring substituents is 1.